The van der Waals surface area contributed by atoms with E-state index in [-0.39, 0.29) is 5.38 Å². The first-order valence-corrected chi connectivity index (χ1v) is 7.57. The van der Waals surface area contributed by atoms with Crippen molar-refractivity contribution in [1.29, 1.82) is 0 Å². The molecule has 1 aromatic carbocycles. The van der Waals surface area contributed by atoms with Gasteiger partial charge < -0.3 is 0 Å². The third-order valence-electron chi connectivity index (χ3n) is 2.55. The summed E-state index contributed by atoms with van der Waals surface area (Å²) in [5, 5.41) is 0.527. The minimum atomic E-state index is -0.172. The van der Waals surface area contributed by atoms with E-state index in [4.69, 9.17) is 23.2 Å². The Morgan fingerprint density at radius 2 is 1.94 bits per heavy atom. The van der Waals surface area contributed by atoms with Crippen LogP contribution in [-0.2, 0) is 0 Å². The predicted molar refractivity (Wildman–Crippen MR) is 80.6 cm³/mol. The van der Waals surface area contributed by atoms with E-state index >= 15 is 0 Å². The minimum absolute atomic E-state index is 0.172. The van der Waals surface area contributed by atoms with E-state index in [0.29, 0.717) is 5.02 Å². The van der Waals surface area contributed by atoms with Gasteiger partial charge in [0.2, 0.25) is 0 Å². The van der Waals surface area contributed by atoms with Crippen LogP contribution in [0.5, 0.6) is 0 Å². The van der Waals surface area contributed by atoms with Crippen LogP contribution in [0.25, 0.3) is 0 Å². The molecule has 0 aliphatic rings. The van der Waals surface area contributed by atoms with E-state index in [9.17, 15) is 0 Å². The van der Waals surface area contributed by atoms with E-state index in [2.05, 4.69) is 35.8 Å². The molecule has 1 aromatic heterocycles. The third-order valence-corrected chi connectivity index (χ3v) is 5.17. The molecule has 0 N–H and O–H groups in total. The smallest absolute Gasteiger partial charge is 0.0944 e. The van der Waals surface area contributed by atoms with Gasteiger partial charge in [0, 0.05) is 19.2 Å². The molecule has 0 amide bonds. The minimum Gasteiger partial charge on any atom is -0.143 e. The van der Waals surface area contributed by atoms with Crippen LogP contribution in [0.1, 0.15) is 26.3 Å². The molecule has 2 aromatic rings. The van der Waals surface area contributed by atoms with Gasteiger partial charge in [-0.15, -0.1) is 22.9 Å². The molecule has 1 unspecified atom stereocenters. The van der Waals surface area contributed by atoms with Crippen LogP contribution in [0.2, 0.25) is 5.02 Å². The summed E-state index contributed by atoms with van der Waals surface area (Å²) in [4.78, 5) is 2.45. The van der Waals surface area contributed by atoms with Crippen LogP contribution in [0, 0.1) is 13.8 Å². The number of aryl methyl sites for hydroxylation is 2. The van der Waals surface area contributed by atoms with Crippen LogP contribution < -0.4 is 0 Å². The SMILES string of the molecule is Cc1cc(C)c(C(Cl)c2ccc(Br)cc2Cl)s1. The van der Waals surface area contributed by atoms with Crippen molar-refractivity contribution in [2.24, 2.45) is 0 Å². The maximum atomic E-state index is 6.52. The summed E-state index contributed by atoms with van der Waals surface area (Å²) in [6, 6.07) is 7.97. The topological polar surface area (TPSA) is 0 Å². The lowest BCUT2D eigenvalue weighted by atomic mass is 10.1. The lowest BCUT2D eigenvalue weighted by Crippen LogP contribution is -1.93. The lowest BCUT2D eigenvalue weighted by Gasteiger charge is -2.11. The molecule has 0 aliphatic carbocycles. The second-order valence-electron chi connectivity index (χ2n) is 3.93. The monoisotopic (exact) mass is 348 g/mol. The fraction of sp³-hybridized carbons (Fsp3) is 0.231. The highest BCUT2D eigenvalue weighted by atomic mass is 79.9. The van der Waals surface area contributed by atoms with Gasteiger partial charge in [0.1, 0.15) is 0 Å². The summed E-state index contributed by atoms with van der Waals surface area (Å²) >= 11 is 17.9. The summed E-state index contributed by atoms with van der Waals surface area (Å²) in [5.74, 6) is 0. The van der Waals surface area contributed by atoms with Crippen LogP contribution in [-0.4, -0.2) is 0 Å². The Morgan fingerprint density at radius 3 is 2.47 bits per heavy atom. The van der Waals surface area contributed by atoms with Gasteiger partial charge in [0.15, 0.2) is 0 Å². The summed E-state index contributed by atoms with van der Waals surface area (Å²) in [6.07, 6.45) is 0. The Bertz CT molecular complexity index is 548. The molecule has 17 heavy (non-hydrogen) atoms. The van der Waals surface area contributed by atoms with Gasteiger partial charge in [-0.1, -0.05) is 33.6 Å². The van der Waals surface area contributed by atoms with Crippen molar-refractivity contribution in [2.75, 3.05) is 0 Å². The second-order valence-corrected chi connectivity index (χ2v) is 6.98. The van der Waals surface area contributed by atoms with Crippen molar-refractivity contribution in [1.82, 2.24) is 0 Å². The highest BCUT2D eigenvalue weighted by molar-refractivity contribution is 9.10. The predicted octanol–water partition coefficient (Wildman–Crippen LogP) is 6.11. The first kappa shape index (κ1) is 13.4. The van der Waals surface area contributed by atoms with Crippen molar-refractivity contribution >= 4 is 50.5 Å². The zero-order valence-electron chi connectivity index (χ0n) is 9.43. The maximum Gasteiger partial charge on any atom is 0.0944 e. The summed E-state index contributed by atoms with van der Waals surface area (Å²) in [5.41, 5.74) is 2.19. The van der Waals surface area contributed by atoms with E-state index in [1.165, 1.54) is 15.3 Å². The van der Waals surface area contributed by atoms with Gasteiger partial charge in [-0.2, -0.15) is 0 Å². The molecule has 1 atom stereocenters. The zero-order valence-corrected chi connectivity index (χ0v) is 13.3. The van der Waals surface area contributed by atoms with Crippen LogP contribution in [0.15, 0.2) is 28.7 Å². The fourth-order valence-corrected chi connectivity index (χ4v) is 4.13. The van der Waals surface area contributed by atoms with Gasteiger partial charge in [-0.3, -0.25) is 0 Å². The molecule has 0 bridgehead atoms. The molecule has 0 fully saturated rings. The van der Waals surface area contributed by atoms with Crippen LogP contribution in [0.3, 0.4) is 0 Å². The number of benzene rings is 1. The normalized spacial score (nSPS) is 12.8. The quantitative estimate of drug-likeness (QED) is 0.574. The number of hydrogen-bond acceptors (Lipinski definition) is 1. The molecule has 0 saturated carbocycles. The lowest BCUT2D eigenvalue weighted by molar-refractivity contribution is 1.16. The van der Waals surface area contributed by atoms with Crippen molar-refractivity contribution in [3.63, 3.8) is 0 Å². The fourth-order valence-electron chi connectivity index (χ4n) is 1.76. The van der Waals surface area contributed by atoms with Crippen LogP contribution in [0.4, 0.5) is 0 Å². The van der Waals surface area contributed by atoms with Crippen LogP contribution >= 0.6 is 50.5 Å². The van der Waals surface area contributed by atoms with Gasteiger partial charge in [0.25, 0.3) is 0 Å². The zero-order chi connectivity index (χ0) is 12.6. The van der Waals surface area contributed by atoms with Crippen molar-refractivity contribution in [2.45, 2.75) is 19.2 Å². The van der Waals surface area contributed by atoms with Crippen molar-refractivity contribution in [3.05, 3.63) is 54.6 Å². The van der Waals surface area contributed by atoms with Crippen molar-refractivity contribution in [3.8, 4) is 0 Å². The summed E-state index contributed by atoms with van der Waals surface area (Å²) in [7, 11) is 0. The summed E-state index contributed by atoms with van der Waals surface area (Å²) in [6.45, 7) is 4.18. The van der Waals surface area contributed by atoms with Gasteiger partial charge in [0.05, 0.1) is 5.38 Å². The highest BCUT2D eigenvalue weighted by Gasteiger charge is 2.18. The number of thiophene rings is 1. The van der Waals surface area contributed by atoms with Crippen molar-refractivity contribution < 1.29 is 0 Å². The molecular weight excluding hydrogens is 339 g/mol. The molecule has 0 saturated heterocycles. The number of hydrogen-bond donors (Lipinski definition) is 0. The number of alkyl halides is 1. The molecule has 0 aliphatic heterocycles. The standard InChI is InChI=1S/C13H11BrCl2S/c1-7-5-8(2)17-13(7)12(16)10-4-3-9(14)6-11(10)15/h3-6,12H,1-2H3. The van der Waals surface area contributed by atoms with E-state index in [0.717, 1.165) is 10.0 Å². The average molecular weight is 350 g/mol. The van der Waals surface area contributed by atoms with E-state index < -0.39 is 0 Å². The second kappa shape index (κ2) is 5.31. The Morgan fingerprint density at radius 1 is 1.24 bits per heavy atom. The first-order chi connectivity index (χ1) is 7.99. The number of halogens is 3. The molecule has 0 radical (unpaired) electrons. The molecule has 1 heterocycles. The van der Waals surface area contributed by atoms with Gasteiger partial charge >= 0.3 is 0 Å². The Kier molecular flexibility index (Phi) is 4.19. The third kappa shape index (κ3) is 2.87. The summed E-state index contributed by atoms with van der Waals surface area (Å²) < 4.78 is 0.967. The number of rotatable bonds is 2. The molecule has 2 rings (SSSR count). The molecule has 90 valence electrons. The largest absolute Gasteiger partial charge is 0.143 e. The molecule has 0 spiro atoms. The maximum absolute atomic E-state index is 6.52. The Labute approximate surface area is 124 Å². The van der Waals surface area contributed by atoms with Gasteiger partial charge in [-0.25, -0.2) is 0 Å². The highest BCUT2D eigenvalue weighted by Crippen LogP contribution is 2.39. The first-order valence-electron chi connectivity index (χ1n) is 5.15. The van der Waals surface area contributed by atoms with E-state index in [1.54, 1.807) is 11.3 Å². The Hall–Kier alpha value is -0.0200. The van der Waals surface area contributed by atoms with E-state index in [1.807, 2.05) is 18.2 Å². The van der Waals surface area contributed by atoms with Gasteiger partial charge in [-0.05, 0) is 43.2 Å². The molecular formula is C13H11BrCl2S. The average Bonchev–Trinajstić information content (AvgIpc) is 2.57. The Balaban J connectivity index is 2.43. The molecule has 0 nitrogen and oxygen atoms in total. The molecule has 4 heteroatoms.